The first kappa shape index (κ1) is 25.1. The summed E-state index contributed by atoms with van der Waals surface area (Å²) in [5, 5.41) is 2.54. The Morgan fingerprint density at radius 3 is 1.61 bits per heavy atom. The molecule has 0 bridgehead atoms. The van der Waals surface area contributed by atoms with Crippen molar-refractivity contribution < 1.29 is 0 Å². The van der Waals surface area contributed by atoms with Gasteiger partial charge in [0.05, 0.1) is 11.0 Å². The minimum atomic E-state index is 1.17. The monoisotopic (exact) mass is 527 g/mol. The van der Waals surface area contributed by atoms with Crippen LogP contribution in [0.3, 0.4) is 0 Å². The second-order valence-electron chi connectivity index (χ2n) is 11.4. The fourth-order valence-corrected chi connectivity index (χ4v) is 6.47. The van der Waals surface area contributed by atoms with Gasteiger partial charge in [-0.1, -0.05) is 114 Å². The summed E-state index contributed by atoms with van der Waals surface area (Å²) in [4.78, 5) is 0. The Morgan fingerprint density at radius 2 is 0.927 bits per heavy atom. The predicted octanol–water partition coefficient (Wildman–Crippen LogP) is 11.0. The molecular weight excluding hydrogens is 494 g/mol. The van der Waals surface area contributed by atoms with Crippen LogP contribution >= 0.6 is 0 Å². The van der Waals surface area contributed by atoms with Gasteiger partial charge in [-0.3, -0.25) is 0 Å². The molecule has 1 heterocycles. The van der Waals surface area contributed by atoms with Gasteiger partial charge in [-0.05, 0) is 96.5 Å². The van der Waals surface area contributed by atoms with Gasteiger partial charge < -0.3 is 4.57 Å². The zero-order valence-electron chi connectivity index (χ0n) is 24.1. The van der Waals surface area contributed by atoms with E-state index in [1.807, 2.05) is 0 Å². The van der Waals surface area contributed by atoms with Crippen LogP contribution in [-0.4, -0.2) is 4.57 Å². The molecule has 0 atom stereocenters. The van der Waals surface area contributed by atoms with Crippen LogP contribution in [0.25, 0.3) is 60.9 Å². The Balaban J connectivity index is 1.52. The van der Waals surface area contributed by atoms with Gasteiger partial charge in [-0.15, -0.1) is 0 Å². The molecule has 1 heteroatoms. The SMILES string of the molecule is Cc1ccc(-c2ccc3c4ccc(-c5c(C)cc(C)cc5C)cc4n(-c4cccc(-c5ccccc5)c4)c3c2)cc1. The number of rotatable bonds is 4. The molecule has 0 N–H and O–H groups in total. The van der Waals surface area contributed by atoms with Gasteiger partial charge in [-0.25, -0.2) is 0 Å². The first-order valence-corrected chi connectivity index (χ1v) is 14.4. The summed E-state index contributed by atoms with van der Waals surface area (Å²) in [5.74, 6) is 0. The highest BCUT2D eigenvalue weighted by molar-refractivity contribution is 6.11. The molecule has 0 spiro atoms. The normalized spacial score (nSPS) is 11.4. The van der Waals surface area contributed by atoms with Crippen molar-refractivity contribution in [3.8, 4) is 39.1 Å². The summed E-state index contributed by atoms with van der Waals surface area (Å²) in [6.45, 7) is 8.77. The van der Waals surface area contributed by atoms with Crippen LogP contribution in [0.15, 0.2) is 127 Å². The van der Waals surface area contributed by atoms with E-state index in [0.717, 1.165) is 0 Å². The molecule has 7 rings (SSSR count). The molecule has 0 aliphatic heterocycles. The summed E-state index contributed by atoms with van der Waals surface area (Å²) in [6, 6.07) is 46.9. The molecule has 7 aromatic rings. The van der Waals surface area contributed by atoms with Crippen molar-refractivity contribution in [1.82, 2.24) is 4.57 Å². The smallest absolute Gasteiger partial charge is 0.0547 e. The number of nitrogens with zero attached hydrogens (tertiary/aromatic N) is 1. The van der Waals surface area contributed by atoms with Crippen molar-refractivity contribution in [2.24, 2.45) is 0 Å². The van der Waals surface area contributed by atoms with Crippen molar-refractivity contribution in [1.29, 1.82) is 0 Å². The second-order valence-corrected chi connectivity index (χ2v) is 11.4. The molecule has 198 valence electrons. The molecule has 6 aromatic carbocycles. The van der Waals surface area contributed by atoms with Crippen LogP contribution in [0.5, 0.6) is 0 Å². The van der Waals surface area contributed by atoms with Gasteiger partial charge >= 0.3 is 0 Å². The second kappa shape index (κ2) is 9.94. The first-order chi connectivity index (χ1) is 20.0. The lowest BCUT2D eigenvalue weighted by Crippen LogP contribution is -1.96. The van der Waals surface area contributed by atoms with Crippen LogP contribution in [0.1, 0.15) is 22.3 Å². The molecule has 1 nitrogen and oxygen atoms in total. The molecular formula is C40H33N. The van der Waals surface area contributed by atoms with E-state index in [2.05, 4.69) is 160 Å². The van der Waals surface area contributed by atoms with Crippen LogP contribution in [0.2, 0.25) is 0 Å². The van der Waals surface area contributed by atoms with E-state index in [1.165, 1.54) is 83.1 Å². The van der Waals surface area contributed by atoms with Crippen LogP contribution in [0, 0.1) is 27.7 Å². The number of fused-ring (bicyclic) bond motifs is 3. The van der Waals surface area contributed by atoms with Gasteiger partial charge in [-0.2, -0.15) is 0 Å². The lowest BCUT2D eigenvalue weighted by Gasteiger charge is -2.14. The largest absolute Gasteiger partial charge is 0.309 e. The zero-order chi connectivity index (χ0) is 28.1. The van der Waals surface area contributed by atoms with Crippen molar-refractivity contribution in [3.05, 3.63) is 150 Å². The predicted molar refractivity (Wildman–Crippen MR) is 176 cm³/mol. The number of benzene rings is 6. The molecule has 0 aliphatic rings. The Morgan fingerprint density at radius 1 is 0.390 bits per heavy atom. The first-order valence-electron chi connectivity index (χ1n) is 14.4. The molecule has 0 aliphatic carbocycles. The van der Waals surface area contributed by atoms with E-state index < -0.39 is 0 Å². The van der Waals surface area contributed by atoms with Crippen molar-refractivity contribution >= 4 is 21.8 Å². The van der Waals surface area contributed by atoms with Gasteiger partial charge in [0.2, 0.25) is 0 Å². The third-order valence-electron chi connectivity index (χ3n) is 8.33. The molecule has 0 fully saturated rings. The molecule has 0 saturated carbocycles. The van der Waals surface area contributed by atoms with E-state index in [-0.39, 0.29) is 0 Å². The maximum absolute atomic E-state index is 2.46. The topological polar surface area (TPSA) is 4.93 Å². The van der Waals surface area contributed by atoms with Crippen LogP contribution in [-0.2, 0) is 0 Å². The highest BCUT2D eigenvalue weighted by Crippen LogP contribution is 2.39. The Bertz CT molecular complexity index is 2030. The van der Waals surface area contributed by atoms with Gasteiger partial charge in [0.15, 0.2) is 0 Å². The molecule has 0 amide bonds. The van der Waals surface area contributed by atoms with Gasteiger partial charge in [0.1, 0.15) is 0 Å². The molecule has 0 saturated heterocycles. The highest BCUT2D eigenvalue weighted by Gasteiger charge is 2.16. The summed E-state index contributed by atoms with van der Waals surface area (Å²) >= 11 is 0. The zero-order valence-corrected chi connectivity index (χ0v) is 24.1. The van der Waals surface area contributed by atoms with E-state index in [4.69, 9.17) is 0 Å². The van der Waals surface area contributed by atoms with E-state index in [1.54, 1.807) is 0 Å². The lowest BCUT2D eigenvalue weighted by molar-refractivity contribution is 1.18. The minimum Gasteiger partial charge on any atom is -0.309 e. The van der Waals surface area contributed by atoms with Crippen molar-refractivity contribution in [3.63, 3.8) is 0 Å². The maximum atomic E-state index is 2.46. The highest BCUT2D eigenvalue weighted by atomic mass is 15.0. The standard InChI is InChI=1S/C40H33N/c1-26-13-15-31(16-14-26)33-17-19-36-37-20-18-34(40-28(3)21-27(2)22-29(40)4)25-39(37)41(38(36)24-33)35-12-8-11-32(23-35)30-9-6-5-7-10-30/h5-25H,1-4H3. The number of hydrogen-bond acceptors (Lipinski definition) is 0. The third-order valence-corrected chi connectivity index (χ3v) is 8.33. The van der Waals surface area contributed by atoms with Crippen molar-refractivity contribution in [2.75, 3.05) is 0 Å². The Kier molecular flexibility index (Phi) is 6.09. The Hall–Kier alpha value is -4.88. The lowest BCUT2D eigenvalue weighted by atomic mass is 9.93. The summed E-state index contributed by atoms with van der Waals surface area (Å²) < 4.78 is 2.46. The summed E-state index contributed by atoms with van der Waals surface area (Å²) in [7, 11) is 0. The van der Waals surface area contributed by atoms with E-state index in [0.29, 0.717) is 0 Å². The molecule has 0 unspecified atom stereocenters. The Labute approximate surface area is 242 Å². The maximum Gasteiger partial charge on any atom is 0.0547 e. The summed E-state index contributed by atoms with van der Waals surface area (Å²) in [6.07, 6.45) is 0. The van der Waals surface area contributed by atoms with Crippen LogP contribution in [0.4, 0.5) is 0 Å². The molecule has 41 heavy (non-hydrogen) atoms. The van der Waals surface area contributed by atoms with Crippen molar-refractivity contribution in [2.45, 2.75) is 27.7 Å². The fourth-order valence-electron chi connectivity index (χ4n) is 6.47. The average molecular weight is 528 g/mol. The average Bonchev–Trinajstić information content (AvgIpc) is 3.30. The van der Waals surface area contributed by atoms with Gasteiger partial charge in [0, 0.05) is 16.5 Å². The third kappa shape index (κ3) is 4.44. The molecule has 0 radical (unpaired) electrons. The quantitative estimate of drug-likeness (QED) is 0.214. The molecule has 1 aromatic heterocycles. The van der Waals surface area contributed by atoms with E-state index in [9.17, 15) is 0 Å². The summed E-state index contributed by atoms with van der Waals surface area (Å²) in [5.41, 5.74) is 16.3. The number of aryl methyl sites for hydroxylation is 4. The van der Waals surface area contributed by atoms with Gasteiger partial charge in [0.25, 0.3) is 0 Å². The fraction of sp³-hybridized carbons (Fsp3) is 0.100. The van der Waals surface area contributed by atoms with E-state index >= 15 is 0 Å². The number of hydrogen-bond donors (Lipinski definition) is 0. The van der Waals surface area contributed by atoms with Crippen LogP contribution < -0.4 is 0 Å². The minimum absolute atomic E-state index is 1.17. The number of aromatic nitrogens is 1.